The second kappa shape index (κ2) is 18.1. The van der Waals surface area contributed by atoms with Crippen LogP contribution < -0.4 is 15.9 Å². The van der Waals surface area contributed by atoms with Gasteiger partial charge >= 0.3 is 0 Å². The van der Waals surface area contributed by atoms with E-state index in [1.807, 2.05) is 30.4 Å². The van der Waals surface area contributed by atoms with Gasteiger partial charge in [0.15, 0.2) is 0 Å². The van der Waals surface area contributed by atoms with Crippen molar-refractivity contribution in [2.24, 2.45) is 4.99 Å². The van der Waals surface area contributed by atoms with Gasteiger partial charge in [0, 0.05) is 95.3 Å². The molecule has 0 spiro atoms. The molecule has 2 aromatic heterocycles. The Kier molecular flexibility index (Phi) is 12.6. The van der Waals surface area contributed by atoms with Crippen LogP contribution in [-0.2, 0) is 17.6 Å². The van der Waals surface area contributed by atoms with Crippen LogP contribution >= 0.6 is 0 Å². The lowest BCUT2D eigenvalue weighted by atomic mass is 9.96. The molecule has 1 atom stereocenters. The van der Waals surface area contributed by atoms with Crippen LogP contribution in [0.1, 0.15) is 67.3 Å². The van der Waals surface area contributed by atoms with E-state index in [1.54, 1.807) is 0 Å². The van der Waals surface area contributed by atoms with Crippen LogP contribution in [0.5, 0.6) is 0 Å². The highest BCUT2D eigenvalue weighted by atomic mass is 16.2. The zero-order valence-electron chi connectivity index (χ0n) is 32.7. The number of nitrogens with one attached hydrogen (secondary N) is 2. The summed E-state index contributed by atoms with van der Waals surface area (Å²) in [4.78, 5) is 32.6. The van der Waals surface area contributed by atoms with Gasteiger partial charge in [-0.25, -0.2) is 0 Å². The Labute approximate surface area is 326 Å². The number of piperazine rings is 1. The molecule has 2 aromatic carbocycles. The van der Waals surface area contributed by atoms with Crippen molar-refractivity contribution in [2.45, 2.75) is 63.8 Å². The van der Waals surface area contributed by atoms with E-state index in [0.29, 0.717) is 0 Å². The third kappa shape index (κ3) is 9.43. The third-order valence-electron chi connectivity index (χ3n) is 11.7. The number of fused-ring (bicyclic) bond motifs is 3. The molecule has 8 heteroatoms. The number of likely N-dealkylation sites (N-methyl/N-ethyl adjacent to an activating group) is 1. The first-order valence-corrected chi connectivity index (χ1v) is 20.2. The van der Waals surface area contributed by atoms with Gasteiger partial charge in [-0.15, -0.1) is 0 Å². The first kappa shape index (κ1) is 38.2. The Morgan fingerprint density at radius 3 is 2.49 bits per heavy atom. The highest BCUT2D eigenvalue weighted by Gasteiger charge is 2.29. The summed E-state index contributed by atoms with van der Waals surface area (Å²) in [6.07, 6.45) is 19.8. The topological polar surface area (TPSA) is 79.9 Å². The molecule has 0 saturated carbocycles. The van der Waals surface area contributed by atoms with Crippen LogP contribution in [0.25, 0.3) is 46.0 Å². The maximum atomic E-state index is 12.6. The molecule has 4 aromatic rings. The molecular weight excluding hydrogens is 679 g/mol. The Hall–Kier alpha value is -5.05. The predicted octanol–water partition coefficient (Wildman–Crippen LogP) is 6.57. The number of H-pyrrole nitrogens is 1. The number of amides is 1. The predicted molar refractivity (Wildman–Crippen MR) is 230 cm³/mol. The SMILES string of the molecule is C=Cc1cc(CCCCCCN2CCN(CCCc3ccc(-c4ccc5c6c([nH]c5c4)=CC=NCC=6)cn3)CC2)ccc1C(=C)N(C)C1CCC(=C)NC1=O. The smallest absolute Gasteiger partial charge is 0.246 e. The summed E-state index contributed by atoms with van der Waals surface area (Å²) in [7, 11) is 1.95. The molecular formula is C47H57N7O. The maximum Gasteiger partial charge on any atom is 0.246 e. The minimum Gasteiger partial charge on any atom is -0.363 e. The fourth-order valence-electron chi connectivity index (χ4n) is 8.29. The summed E-state index contributed by atoms with van der Waals surface area (Å²) in [5.41, 5.74) is 9.74. The molecule has 3 aliphatic rings. The van der Waals surface area contributed by atoms with Gasteiger partial charge in [-0.3, -0.25) is 14.8 Å². The van der Waals surface area contributed by atoms with Crippen LogP contribution in [0.4, 0.5) is 0 Å². The number of benzene rings is 2. The van der Waals surface area contributed by atoms with Crippen molar-refractivity contribution in [3.05, 3.63) is 113 Å². The van der Waals surface area contributed by atoms with Crippen LogP contribution in [0, 0.1) is 0 Å². The Balaban J connectivity index is 0.768. The minimum absolute atomic E-state index is 0.00719. The molecule has 3 aliphatic heterocycles. The lowest BCUT2D eigenvalue weighted by molar-refractivity contribution is -0.125. The number of allylic oxidation sites excluding steroid dienone is 1. The molecule has 286 valence electrons. The number of pyridine rings is 1. The van der Waals surface area contributed by atoms with E-state index in [9.17, 15) is 4.79 Å². The van der Waals surface area contributed by atoms with Crippen molar-refractivity contribution in [3.8, 4) is 11.1 Å². The molecule has 1 amide bonds. The van der Waals surface area contributed by atoms with Crippen molar-refractivity contribution >= 4 is 46.9 Å². The van der Waals surface area contributed by atoms with E-state index in [4.69, 9.17) is 4.98 Å². The molecule has 55 heavy (non-hydrogen) atoms. The normalized spacial score (nSPS) is 17.6. The molecule has 2 N–H and O–H groups in total. The van der Waals surface area contributed by atoms with Crippen molar-refractivity contribution in [2.75, 3.05) is 52.9 Å². The number of hydrogen-bond acceptors (Lipinski definition) is 6. The molecule has 1 unspecified atom stereocenters. The van der Waals surface area contributed by atoms with Gasteiger partial charge < -0.3 is 25.0 Å². The lowest BCUT2D eigenvalue weighted by Gasteiger charge is -2.34. The number of rotatable bonds is 16. The van der Waals surface area contributed by atoms with Gasteiger partial charge in [0.05, 0.1) is 6.54 Å². The third-order valence-corrected chi connectivity index (χ3v) is 11.7. The summed E-state index contributed by atoms with van der Waals surface area (Å²) in [6, 6.07) is 17.4. The van der Waals surface area contributed by atoms with Crippen molar-refractivity contribution in [1.82, 2.24) is 30.0 Å². The molecule has 0 aliphatic carbocycles. The monoisotopic (exact) mass is 735 g/mol. The van der Waals surface area contributed by atoms with E-state index in [2.05, 4.69) is 106 Å². The van der Waals surface area contributed by atoms with Gasteiger partial charge in [-0.2, -0.15) is 0 Å². The average molecular weight is 736 g/mol. The van der Waals surface area contributed by atoms with Crippen LogP contribution in [0.2, 0.25) is 0 Å². The molecule has 0 bridgehead atoms. The van der Waals surface area contributed by atoms with E-state index in [0.717, 1.165) is 97.2 Å². The van der Waals surface area contributed by atoms with Crippen molar-refractivity contribution in [3.63, 3.8) is 0 Å². The maximum absolute atomic E-state index is 12.6. The molecule has 0 radical (unpaired) electrons. The van der Waals surface area contributed by atoms with Gasteiger partial charge in [0.2, 0.25) is 5.91 Å². The minimum atomic E-state index is -0.235. The molecule has 7 rings (SSSR count). The van der Waals surface area contributed by atoms with E-state index in [1.165, 1.54) is 72.7 Å². The summed E-state index contributed by atoms with van der Waals surface area (Å²) in [6.45, 7) is 20.0. The number of hydrogen-bond donors (Lipinski definition) is 2. The Bertz CT molecular complexity index is 2170. The van der Waals surface area contributed by atoms with Crippen molar-refractivity contribution < 1.29 is 4.79 Å². The first-order chi connectivity index (χ1) is 26.9. The molecule has 8 nitrogen and oxygen atoms in total. The number of unbranched alkanes of at least 4 members (excludes halogenated alkanes) is 3. The number of aromatic nitrogens is 2. The lowest BCUT2D eigenvalue weighted by Crippen LogP contribution is -2.47. The van der Waals surface area contributed by atoms with Gasteiger partial charge in [0.25, 0.3) is 0 Å². The van der Waals surface area contributed by atoms with Gasteiger partial charge in [-0.1, -0.05) is 81.1 Å². The summed E-state index contributed by atoms with van der Waals surface area (Å²) < 4.78 is 0. The number of aliphatic imine (C=N–C) groups is 1. The molecule has 5 heterocycles. The van der Waals surface area contributed by atoms with Crippen LogP contribution in [0.3, 0.4) is 0 Å². The number of carbonyl (C=O) groups is 1. The average Bonchev–Trinajstić information content (AvgIpc) is 3.38. The standard InChI is InChI=1S/C47H57N7O/c1-5-37-31-36(14-18-41(37)35(3)52(4)46-20-13-34(2)50-47(46)55)11-8-6-7-9-25-53-27-29-54(30-28-53)26-10-12-40-17-15-39(33-49-40)38-16-19-42-43-21-23-48-24-22-44(43)51-45(42)32-38/h5,14-19,21-22,24,31-33,46,51H,1-3,6-13,20,23,25-30H2,4H3,(H,50,55). The van der Waals surface area contributed by atoms with Crippen LogP contribution in [0.15, 0.2) is 85.2 Å². The second-order valence-electron chi connectivity index (χ2n) is 15.4. The molecule has 2 fully saturated rings. The Morgan fingerprint density at radius 2 is 1.73 bits per heavy atom. The molecule has 2 saturated heterocycles. The Morgan fingerprint density at radius 1 is 0.945 bits per heavy atom. The quantitative estimate of drug-likeness (QED) is 0.128. The number of carbonyl (C=O) groups excluding carboxylic acids is 1. The second-order valence-corrected chi connectivity index (χ2v) is 15.4. The largest absolute Gasteiger partial charge is 0.363 e. The number of piperidine rings is 1. The fourth-order valence-corrected chi connectivity index (χ4v) is 8.29. The highest BCUT2D eigenvalue weighted by molar-refractivity contribution is 5.94. The fraction of sp³-hybridized carbons (Fsp3) is 0.383. The zero-order valence-corrected chi connectivity index (χ0v) is 32.7. The van der Waals surface area contributed by atoms with Gasteiger partial charge in [0.1, 0.15) is 6.04 Å². The number of aromatic amines is 1. The highest BCUT2D eigenvalue weighted by Crippen LogP contribution is 2.28. The summed E-state index contributed by atoms with van der Waals surface area (Å²) in [5, 5.41) is 6.50. The van der Waals surface area contributed by atoms with Gasteiger partial charge in [-0.05, 0) is 92.9 Å². The van der Waals surface area contributed by atoms with E-state index < -0.39 is 0 Å². The summed E-state index contributed by atoms with van der Waals surface area (Å²) in [5.74, 6) is -0.00719. The van der Waals surface area contributed by atoms with Crippen LogP contribution in [-0.4, -0.2) is 95.7 Å². The van der Waals surface area contributed by atoms with Crippen molar-refractivity contribution in [1.29, 1.82) is 0 Å². The number of aryl methyl sites for hydroxylation is 2. The first-order valence-electron chi connectivity index (χ1n) is 20.2. The zero-order chi connectivity index (χ0) is 38.1. The van der Waals surface area contributed by atoms with E-state index >= 15 is 0 Å². The summed E-state index contributed by atoms with van der Waals surface area (Å²) >= 11 is 0. The van der Waals surface area contributed by atoms with E-state index in [-0.39, 0.29) is 11.9 Å². The number of nitrogens with zero attached hydrogens (tertiary/aromatic N) is 5.